The van der Waals surface area contributed by atoms with Crippen LogP contribution in [0.3, 0.4) is 0 Å². The van der Waals surface area contributed by atoms with Gasteiger partial charge in [-0.05, 0) is 31.0 Å². The summed E-state index contributed by atoms with van der Waals surface area (Å²) in [7, 11) is 3.31. The van der Waals surface area contributed by atoms with Crippen LogP contribution in [0.15, 0.2) is 18.2 Å². The summed E-state index contributed by atoms with van der Waals surface area (Å²) in [4.78, 5) is 14.8. The second kappa shape index (κ2) is 8.70. The number of morpholine rings is 1. The van der Waals surface area contributed by atoms with Gasteiger partial charge in [-0.2, -0.15) is 0 Å². The van der Waals surface area contributed by atoms with E-state index >= 15 is 0 Å². The molecule has 2 N–H and O–H groups in total. The molecule has 144 valence electrons. The van der Waals surface area contributed by atoms with E-state index in [1.165, 1.54) is 0 Å². The van der Waals surface area contributed by atoms with Crippen molar-refractivity contribution < 1.29 is 19.0 Å². The Labute approximate surface area is 155 Å². The number of nitrogens with one attached hydrogen (secondary N) is 2. The number of ether oxygens (including phenoxy) is 3. The fraction of sp³-hybridized carbons (Fsp3) is 0.632. The summed E-state index contributed by atoms with van der Waals surface area (Å²) in [6.07, 6.45) is 0.861. The molecule has 0 saturated carbocycles. The van der Waals surface area contributed by atoms with Gasteiger partial charge >= 0.3 is 0 Å². The number of hydrogen-bond acceptors (Lipinski definition) is 6. The molecule has 0 bridgehead atoms. The van der Waals surface area contributed by atoms with Gasteiger partial charge in [0, 0.05) is 38.3 Å². The van der Waals surface area contributed by atoms with Crippen LogP contribution in [-0.2, 0) is 16.1 Å². The zero-order valence-electron chi connectivity index (χ0n) is 15.8. The number of methoxy groups -OCH3 is 2. The maximum Gasteiger partial charge on any atom is 0.240 e. The van der Waals surface area contributed by atoms with Gasteiger partial charge in [0.1, 0.15) is 17.5 Å². The SMILES string of the molecule is COc1cc(CN2CCC(NC(=O)[C@H]3NCCO[C@@H]3C)C2)cc(OC)c1. The van der Waals surface area contributed by atoms with Gasteiger partial charge in [0.2, 0.25) is 5.91 Å². The van der Waals surface area contributed by atoms with Gasteiger partial charge in [0.25, 0.3) is 0 Å². The van der Waals surface area contributed by atoms with E-state index < -0.39 is 0 Å². The van der Waals surface area contributed by atoms with Crippen LogP contribution in [-0.4, -0.2) is 69.5 Å². The number of carbonyl (C=O) groups excluding carboxylic acids is 1. The maximum atomic E-state index is 12.5. The fourth-order valence-electron chi connectivity index (χ4n) is 3.63. The van der Waals surface area contributed by atoms with Crippen molar-refractivity contribution in [2.75, 3.05) is 40.5 Å². The highest BCUT2D eigenvalue weighted by atomic mass is 16.5. The summed E-state index contributed by atoms with van der Waals surface area (Å²) < 4.78 is 16.2. The first-order valence-electron chi connectivity index (χ1n) is 9.18. The average molecular weight is 363 g/mol. The number of hydrogen-bond donors (Lipinski definition) is 2. The van der Waals surface area contributed by atoms with Gasteiger partial charge in [-0.3, -0.25) is 9.69 Å². The van der Waals surface area contributed by atoms with Crippen LogP contribution >= 0.6 is 0 Å². The Morgan fingerprint density at radius 2 is 2.04 bits per heavy atom. The van der Waals surface area contributed by atoms with E-state index in [1.807, 2.05) is 25.1 Å². The van der Waals surface area contributed by atoms with Crippen LogP contribution in [0.2, 0.25) is 0 Å². The highest BCUT2D eigenvalue weighted by Crippen LogP contribution is 2.24. The molecule has 2 heterocycles. The summed E-state index contributed by atoms with van der Waals surface area (Å²) in [6.45, 7) is 5.92. The lowest BCUT2D eigenvalue weighted by molar-refractivity contribution is -0.129. The summed E-state index contributed by atoms with van der Waals surface area (Å²) >= 11 is 0. The average Bonchev–Trinajstić information content (AvgIpc) is 3.08. The molecule has 2 aliphatic heterocycles. The van der Waals surface area contributed by atoms with E-state index in [1.54, 1.807) is 14.2 Å². The molecule has 1 aromatic rings. The molecule has 1 amide bonds. The molecule has 3 atom stereocenters. The summed E-state index contributed by atoms with van der Waals surface area (Å²) in [6, 6.07) is 5.83. The second-order valence-corrected chi connectivity index (χ2v) is 6.96. The van der Waals surface area contributed by atoms with Crippen molar-refractivity contribution in [3.05, 3.63) is 23.8 Å². The molecular formula is C19H29N3O4. The van der Waals surface area contributed by atoms with Gasteiger partial charge < -0.3 is 24.8 Å². The Hall–Kier alpha value is -1.83. The van der Waals surface area contributed by atoms with Crippen LogP contribution in [0.5, 0.6) is 11.5 Å². The van der Waals surface area contributed by atoms with Crippen LogP contribution < -0.4 is 20.1 Å². The van der Waals surface area contributed by atoms with Crippen molar-refractivity contribution in [2.45, 2.75) is 38.1 Å². The summed E-state index contributed by atoms with van der Waals surface area (Å²) in [5, 5.41) is 6.41. The normalized spacial score (nSPS) is 26.5. The number of likely N-dealkylation sites (tertiary alicyclic amines) is 1. The maximum absolute atomic E-state index is 12.5. The lowest BCUT2D eigenvalue weighted by atomic mass is 10.1. The van der Waals surface area contributed by atoms with E-state index in [-0.39, 0.29) is 24.1 Å². The van der Waals surface area contributed by atoms with Crippen molar-refractivity contribution >= 4 is 5.91 Å². The third-order valence-electron chi connectivity index (χ3n) is 5.04. The second-order valence-electron chi connectivity index (χ2n) is 6.96. The van der Waals surface area contributed by atoms with Crippen LogP contribution in [0, 0.1) is 0 Å². The molecule has 3 rings (SSSR count). The minimum absolute atomic E-state index is 0.0344. The van der Waals surface area contributed by atoms with E-state index in [0.717, 1.165) is 49.7 Å². The minimum Gasteiger partial charge on any atom is -0.497 e. The third-order valence-corrected chi connectivity index (χ3v) is 5.04. The topological polar surface area (TPSA) is 72.1 Å². The lowest BCUT2D eigenvalue weighted by Gasteiger charge is -2.30. The van der Waals surface area contributed by atoms with Crippen LogP contribution in [0.25, 0.3) is 0 Å². The Bertz CT molecular complexity index is 603. The first-order chi connectivity index (χ1) is 12.6. The molecule has 7 nitrogen and oxygen atoms in total. The van der Waals surface area contributed by atoms with Crippen molar-refractivity contribution in [1.82, 2.24) is 15.5 Å². The smallest absolute Gasteiger partial charge is 0.240 e. The number of carbonyl (C=O) groups is 1. The molecule has 0 aliphatic carbocycles. The molecule has 2 fully saturated rings. The number of rotatable bonds is 6. The highest BCUT2D eigenvalue weighted by molar-refractivity contribution is 5.82. The Balaban J connectivity index is 1.53. The van der Waals surface area contributed by atoms with Crippen LogP contribution in [0.4, 0.5) is 0 Å². The van der Waals surface area contributed by atoms with Gasteiger partial charge in [-0.15, -0.1) is 0 Å². The number of amides is 1. The minimum atomic E-state index is -0.263. The van der Waals surface area contributed by atoms with E-state index in [9.17, 15) is 4.79 Å². The first kappa shape index (κ1) is 18.9. The quantitative estimate of drug-likeness (QED) is 0.778. The van der Waals surface area contributed by atoms with Crippen molar-refractivity contribution in [1.29, 1.82) is 0 Å². The van der Waals surface area contributed by atoms with Gasteiger partial charge in [-0.1, -0.05) is 0 Å². The van der Waals surface area contributed by atoms with E-state index in [2.05, 4.69) is 15.5 Å². The third kappa shape index (κ3) is 4.66. The molecule has 0 radical (unpaired) electrons. The molecule has 1 aromatic carbocycles. The molecule has 0 spiro atoms. The number of benzene rings is 1. The predicted molar refractivity (Wildman–Crippen MR) is 98.6 cm³/mol. The highest BCUT2D eigenvalue weighted by Gasteiger charge is 2.31. The van der Waals surface area contributed by atoms with E-state index in [4.69, 9.17) is 14.2 Å². The molecule has 7 heteroatoms. The first-order valence-corrected chi connectivity index (χ1v) is 9.18. The lowest BCUT2D eigenvalue weighted by Crippen LogP contribution is -2.57. The largest absolute Gasteiger partial charge is 0.497 e. The Kier molecular flexibility index (Phi) is 6.34. The zero-order chi connectivity index (χ0) is 18.5. The summed E-state index contributed by atoms with van der Waals surface area (Å²) in [5.74, 6) is 1.62. The Morgan fingerprint density at radius 3 is 2.69 bits per heavy atom. The monoisotopic (exact) mass is 363 g/mol. The predicted octanol–water partition coefficient (Wildman–Crippen LogP) is 0.771. The zero-order valence-corrected chi connectivity index (χ0v) is 15.8. The Morgan fingerprint density at radius 1 is 1.31 bits per heavy atom. The van der Waals surface area contributed by atoms with Gasteiger partial charge in [0.05, 0.1) is 26.9 Å². The fourth-order valence-corrected chi connectivity index (χ4v) is 3.63. The molecule has 0 aromatic heterocycles. The van der Waals surface area contributed by atoms with Crippen LogP contribution in [0.1, 0.15) is 18.9 Å². The molecule has 1 unspecified atom stereocenters. The molecule has 2 saturated heterocycles. The number of nitrogens with zero attached hydrogens (tertiary/aromatic N) is 1. The summed E-state index contributed by atoms with van der Waals surface area (Å²) in [5.41, 5.74) is 1.14. The standard InChI is InChI=1S/C19H29N3O4/c1-13-18(20-5-7-26-13)19(23)21-15-4-6-22(12-15)11-14-8-16(24-2)10-17(9-14)25-3/h8-10,13,15,18,20H,4-7,11-12H2,1-3H3,(H,21,23)/t13-,15?,18+/m1/s1. The van der Waals surface area contributed by atoms with Crippen molar-refractivity contribution in [3.8, 4) is 11.5 Å². The van der Waals surface area contributed by atoms with Crippen molar-refractivity contribution in [3.63, 3.8) is 0 Å². The molecule has 26 heavy (non-hydrogen) atoms. The van der Waals surface area contributed by atoms with Gasteiger partial charge in [-0.25, -0.2) is 0 Å². The molecular weight excluding hydrogens is 334 g/mol. The van der Waals surface area contributed by atoms with E-state index in [0.29, 0.717) is 6.61 Å². The van der Waals surface area contributed by atoms with Gasteiger partial charge in [0.15, 0.2) is 0 Å². The van der Waals surface area contributed by atoms with Crippen molar-refractivity contribution in [2.24, 2.45) is 0 Å². The molecule has 2 aliphatic rings.